The number of hydrogen-bond donors (Lipinski definition) is 2. The van der Waals surface area contributed by atoms with Crippen molar-refractivity contribution in [3.8, 4) is 5.75 Å². The molecular weight excluding hydrogens is 270 g/mol. The zero-order chi connectivity index (χ0) is 15.7. The summed E-state index contributed by atoms with van der Waals surface area (Å²) in [5.74, 6) is 1.01. The quantitative estimate of drug-likeness (QED) is 0.330. The standard InChI is InChI=1S/C15H23N3O3/c1-3-18(11-10-14(16)17-20)15(19)9-6-12-4-7-13(21-2)8-5-12/h4-5,7-8,20H,3,6,9-11H2,1-2H3,(H2,16,17). The first-order chi connectivity index (χ1) is 10.1. The minimum Gasteiger partial charge on any atom is -0.497 e. The Morgan fingerprint density at radius 2 is 2.00 bits per heavy atom. The summed E-state index contributed by atoms with van der Waals surface area (Å²) in [6, 6.07) is 7.68. The van der Waals surface area contributed by atoms with Gasteiger partial charge >= 0.3 is 0 Å². The number of oxime groups is 1. The Labute approximate surface area is 125 Å². The Morgan fingerprint density at radius 1 is 1.33 bits per heavy atom. The van der Waals surface area contributed by atoms with Crippen molar-refractivity contribution in [3.63, 3.8) is 0 Å². The molecule has 0 saturated heterocycles. The van der Waals surface area contributed by atoms with E-state index in [4.69, 9.17) is 15.7 Å². The number of benzene rings is 1. The van der Waals surface area contributed by atoms with Crippen molar-refractivity contribution in [1.29, 1.82) is 0 Å². The van der Waals surface area contributed by atoms with Gasteiger partial charge in [0.05, 0.1) is 7.11 Å². The van der Waals surface area contributed by atoms with Crippen LogP contribution >= 0.6 is 0 Å². The van der Waals surface area contributed by atoms with E-state index in [-0.39, 0.29) is 11.7 Å². The molecule has 0 saturated carbocycles. The van der Waals surface area contributed by atoms with Crippen LogP contribution in [0.1, 0.15) is 25.3 Å². The van der Waals surface area contributed by atoms with E-state index in [0.717, 1.165) is 11.3 Å². The number of nitrogens with two attached hydrogens (primary N) is 1. The summed E-state index contributed by atoms with van der Waals surface area (Å²) >= 11 is 0. The molecule has 0 fully saturated rings. The average molecular weight is 293 g/mol. The highest BCUT2D eigenvalue weighted by atomic mass is 16.5. The van der Waals surface area contributed by atoms with E-state index in [2.05, 4.69) is 5.16 Å². The molecule has 1 rings (SSSR count). The number of hydrogen-bond acceptors (Lipinski definition) is 4. The Hall–Kier alpha value is -2.24. The van der Waals surface area contributed by atoms with Crippen molar-refractivity contribution >= 4 is 11.7 Å². The van der Waals surface area contributed by atoms with Crippen LogP contribution in [0.25, 0.3) is 0 Å². The third-order valence-electron chi connectivity index (χ3n) is 3.29. The molecule has 0 aromatic heterocycles. The first-order valence-corrected chi connectivity index (χ1v) is 6.97. The highest BCUT2D eigenvalue weighted by Crippen LogP contribution is 2.13. The highest BCUT2D eigenvalue weighted by molar-refractivity contribution is 5.81. The molecule has 0 radical (unpaired) electrons. The molecule has 0 unspecified atom stereocenters. The third kappa shape index (κ3) is 5.72. The maximum Gasteiger partial charge on any atom is 0.222 e. The zero-order valence-electron chi connectivity index (χ0n) is 12.6. The summed E-state index contributed by atoms with van der Waals surface area (Å²) in [6.45, 7) is 2.99. The summed E-state index contributed by atoms with van der Waals surface area (Å²) in [5.41, 5.74) is 6.51. The zero-order valence-corrected chi connectivity index (χ0v) is 12.6. The van der Waals surface area contributed by atoms with Gasteiger partial charge in [-0.05, 0) is 31.0 Å². The second kappa shape index (κ2) is 8.84. The fourth-order valence-corrected chi connectivity index (χ4v) is 1.96. The van der Waals surface area contributed by atoms with Crippen LogP contribution in [0.2, 0.25) is 0 Å². The molecule has 116 valence electrons. The second-order valence-corrected chi connectivity index (χ2v) is 4.66. The van der Waals surface area contributed by atoms with Crippen LogP contribution in [-0.2, 0) is 11.2 Å². The number of rotatable bonds is 8. The van der Waals surface area contributed by atoms with Gasteiger partial charge in [-0.15, -0.1) is 0 Å². The van der Waals surface area contributed by atoms with Crippen LogP contribution in [0.5, 0.6) is 5.75 Å². The topological polar surface area (TPSA) is 88.1 Å². The second-order valence-electron chi connectivity index (χ2n) is 4.66. The van der Waals surface area contributed by atoms with Gasteiger partial charge in [-0.2, -0.15) is 0 Å². The number of aryl methyl sites for hydroxylation is 1. The van der Waals surface area contributed by atoms with Gasteiger partial charge in [-0.25, -0.2) is 0 Å². The van der Waals surface area contributed by atoms with Gasteiger partial charge < -0.3 is 20.6 Å². The molecular formula is C15H23N3O3. The smallest absolute Gasteiger partial charge is 0.222 e. The van der Waals surface area contributed by atoms with Crippen LogP contribution in [0, 0.1) is 0 Å². The molecule has 21 heavy (non-hydrogen) atoms. The lowest BCUT2D eigenvalue weighted by Crippen LogP contribution is -2.34. The SMILES string of the molecule is CCN(CCC(N)=NO)C(=O)CCc1ccc(OC)cc1. The molecule has 0 heterocycles. The number of nitrogens with zero attached hydrogens (tertiary/aromatic N) is 2. The first-order valence-electron chi connectivity index (χ1n) is 6.97. The number of amides is 1. The third-order valence-corrected chi connectivity index (χ3v) is 3.29. The van der Waals surface area contributed by atoms with Gasteiger partial charge in [0.2, 0.25) is 5.91 Å². The number of amidine groups is 1. The molecule has 0 aliphatic rings. The van der Waals surface area contributed by atoms with Crippen LogP contribution < -0.4 is 10.5 Å². The maximum atomic E-state index is 12.1. The van der Waals surface area contributed by atoms with Crippen LogP contribution in [0.4, 0.5) is 0 Å². The minimum atomic E-state index is 0.0686. The summed E-state index contributed by atoms with van der Waals surface area (Å²) < 4.78 is 5.10. The average Bonchev–Trinajstić information content (AvgIpc) is 2.53. The molecule has 1 aromatic rings. The first kappa shape index (κ1) is 16.8. The van der Waals surface area contributed by atoms with Gasteiger partial charge in [-0.1, -0.05) is 17.3 Å². The maximum absolute atomic E-state index is 12.1. The fraction of sp³-hybridized carbons (Fsp3) is 0.467. The van der Waals surface area contributed by atoms with Crippen LogP contribution in [-0.4, -0.2) is 42.0 Å². The predicted molar refractivity (Wildman–Crippen MR) is 81.6 cm³/mol. The largest absolute Gasteiger partial charge is 0.497 e. The fourth-order valence-electron chi connectivity index (χ4n) is 1.96. The molecule has 0 atom stereocenters. The molecule has 6 nitrogen and oxygen atoms in total. The van der Waals surface area contributed by atoms with E-state index in [0.29, 0.717) is 32.4 Å². The highest BCUT2D eigenvalue weighted by Gasteiger charge is 2.12. The van der Waals surface area contributed by atoms with Gasteiger partial charge in [0.15, 0.2) is 0 Å². The van der Waals surface area contributed by atoms with E-state index < -0.39 is 0 Å². The molecule has 0 aliphatic heterocycles. The van der Waals surface area contributed by atoms with Crippen LogP contribution in [0.3, 0.4) is 0 Å². The normalized spacial score (nSPS) is 11.2. The van der Waals surface area contributed by atoms with Crippen LogP contribution in [0.15, 0.2) is 29.4 Å². The summed E-state index contributed by atoms with van der Waals surface area (Å²) in [5, 5.41) is 11.4. The van der Waals surface area contributed by atoms with Crippen molar-refractivity contribution in [3.05, 3.63) is 29.8 Å². The number of carbonyl (C=O) groups is 1. The Bertz CT molecular complexity index is 472. The van der Waals surface area contributed by atoms with E-state index in [1.165, 1.54) is 0 Å². The summed E-state index contributed by atoms with van der Waals surface area (Å²) in [4.78, 5) is 13.8. The minimum absolute atomic E-state index is 0.0686. The summed E-state index contributed by atoms with van der Waals surface area (Å²) in [7, 11) is 1.62. The van der Waals surface area contributed by atoms with E-state index in [1.807, 2.05) is 31.2 Å². The molecule has 1 amide bonds. The molecule has 0 spiro atoms. The number of carbonyl (C=O) groups excluding carboxylic acids is 1. The van der Waals surface area contributed by atoms with E-state index >= 15 is 0 Å². The van der Waals surface area contributed by atoms with Gasteiger partial charge in [0, 0.05) is 25.9 Å². The Balaban J connectivity index is 2.46. The predicted octanol–water partition coefficient (Wildman–Crippen LogP) is 1.61. The molecule has 3 N–H and O–H groups in total. The van der Waals surface area contributed by atoms with E-state index in [1.54, 1.807) is 12.0 Å². The Morgan fingerprint density at radius 3 is 2.52 bits per heavy atom. The van der Waals surface area contributed by atoms with Crippen molar-refractivity contribution < 1.29 is 14.7 Å². The number of methoxy groups -OCH3 is 1. The lowest BCUT2D eigenvalue weighted by atomic mass is 10.1. The van der Waals surface area contributed by atoms with Crippen molar-refractivity contribution in [1.82, 2.24) is 4.90 Å². The van der Waals surface area contributed by atoms with E-state index in [9.17, 15) is 4.79 Å². The monoisotopic (exact) mass is 293 g/mol. The van der Waals surface area contributed by atoms with Crippen molar-refractivity contribution in [2.24, 2.45) is 10.9 Å². The lowest BCUT2D eigenvalue weighted by Gasteiger charge is -2.20. The molecule has 1 aromatic carbocycles. The molecule has 6 heteroatoms. The lowest BCUT2D eigenvalue weighted by molar-refractivity contribution is -0.130. The van der Waals surface area contributed by atoms with Gasteiger partial charge in [0.1, 0.15) is 11.6 Å². The molecule has 0 bridgehead atoms. The van der Waals surface area contributed by atoms with Gasteiger partial charge in [0.25, 0.3) is 0 Å². The Kier molecular flexibility index (Phi) is 7.08. The van der Waals surface area contributed by atoms with Crippen molar-refractivity contribution in [2.45, 2.75) is 26.2 Å². The number of ether oxygens (including phenoxy) is 1. The van der Waals surface area contributed by atoms with Gasteiger partial charge in [-0.3, -0.25) is 4.79 Å². The summed E-state index contributed by atoms with van der Waals surface area (Å²) in [6.07, 6.45) is 1.50. The molecule has 0 aliphatic carbocycles. The van der Waals surface area contributed by atoms with Crippen molar-refractivity contribution in [2.75, 3.05) is 20.2 Å².